The maximum absolute atomic E-state index is 13.2. The van der Waals surface area contributed by atoms with Crippen molar-refractivity contribution in [2.24, 2.45) is 0 Å². The van der Waals surface area contributed by atoms with Crippen LogP contribution in [0.2, 0.25) is 0 Å². The molecule has 1 atom stereocenters. The van der Waals surface area contributed by atoms with Crippen molar-refractivity contribution < 1.29 is 14.4 Å². The van der Waals surface area contributed by atoms with Crippen LogP contribution in [0.3, 0.4) is 0 Å². The van der Waals surface area contributed by atoms with Gasteiger partial charge in [-0.2, -0.15) is 0 Å². The van der Waals surface area contributed by atoms with Crippen molar-refractivity contribution in [3.8, 4) is 0 Å². The largest absolute Gasteiger partial charge is 0.293 e. The number of pyridine rings is 1. The van der Waals surface area contributed by atoms with Crippen LogP contribution in [0.4, 0.5) is 5.69 Å². The first-order valence-electron chi connectivity index (χ1n) is 9.71. The lowest BCUT2D eigenvalue weighted by Crippen LogP contribution is -2.29. The number of benzene rings is 2. The zero-order chi connectivity index (χ0) is 21.7. The van der Waals surface area contributed by atoms with Crippen LogP contribution in [0, 0.1) is 6.92 Å². The normalized spacial score (nSPS) is 18.7. The lowest BCUT2D eigenvalue weighted by molar-refractivity contribution is -0.117. The van der Waals surface area contributed by atoms with E-state index in [1.54, 1.807) is 42.5 Å². The number of aromatic nitrogens is 1. The second-order valence-corrected chi connectivity index (χ2v) is 9.21. The first-order chi connectivity index (χ1) is 15.0. The molecule has 1 fully saturated rings. The van der Waals surface area contributed by atoms with Crippen molar-refractivity contribution in [2.45, 2.75) is 18.1 Å². The SMILES string of the molecule is Cc1ccc(N2C(=O)C(c3cccc(C4C(=O)c5ccccc5C4=O)n3)SC2=S)cc1. The molecule has 7 heteroatoms. The van der Waals surface area contributed by atoms with Crippen molar-refractivity contribution >= 4 is 51.5 Å². The Bertz CT molecular complexity index is 1230. The van der Waals surface area contributed by atoms with E-state index in [1.807, 2.05) is 31.2 Å². The summed E-state index contributed by atoms with van der Waals surface area (Å²) >= 11 is 6.72. The molecule has 0 saturated carbocycles. The van der Waals surface area contributed by atoms with Crippen molar-refractivity contribution in [1.82, 2.24) is 4.98 Å². The molecular weight excluding hydrogens is 428 g/mol. The van der Waals surface area contributed by atoms with Gasteiger partial charge in [0.2, 0.25) is 0 Å². The molecule has 3 aromatic rings. The summed E-state index contributed by atoms with van der Waals surface area (Å²) < 4.78 is 0.450. The monoisotopic (exact) mass is 444 g/mol. The summed E-state index contributed by atoms with van der Waals surface area (Å²) in [5, 5.41) is -0.622. The summed E-state index contributed by atoms with van der Waals surface area (Å²) in [5.41, 5.74) is 3.48. The Morgan fingerprint density at radius 1 is 0.839 bits per heavy atom. The molecule has 5 nitrogen and oxygen atoms in total. The van der Waals surface area contributed by atoms with Crippen LogP contribution >= 0.6 is 24.0 Å². The van der Waals surface area contributed by atoms with E-state index in [1.165, 1.54) is 16.7 Å². The number of rotatable bonds is 3. The Hall–Kier alpha value is -3.16. The van der Waals surface area contributed by atoms with Crippen molar-refractivity contribution in [3.05, 3.63) is 94.8 Å². The minimum absolute atomic E-state index is 0.184. The lowest BCUT2D eigenvalue weighted by atomic mass is 9.98. The Kier molecular flexibility index (Phi) is 4.79. The molecule has 31 heavy (non-hydrogen) atoms. The fourth-order valence-corrected chi connectivity index (χ4v) is 5.36. The molecule has 1 unspecified atom stereocenters. The molecule has 0 spiro atoms. The number of thiocarbonyl (C=S) groups is 1. The van der Waals surface area contributed by atoms with Gasteiger partial charge in [-0.1, -0.05) is 72.0 Å². The summed E-state index contributed by atoms with van der Waals surface area (Å²) in [6.45, 7) is 1.98. The van der Waals surface area contributed by atoms with Crippen LogP contribution in [0.5, 0.6) is 0 Å². The molecule has 2 aromatic carbocycles. The van der Waals surface area contributed by atoms with Crippen LogP contribution in [0.1, 0.15) is 48.8 Å². The summed E-state index contributed by atoms with van der Waals surface area (Å²) in [6.07, 6.45) is 0. The zero-order valence-corrected chi connectivity index (χ0v) is 18.1. The number of anilines is 1. The second kappa shape index (κ2) is 7.51. The Labute approximate surface area is 188 Å². The average Bonchev–Trinajstić information content (AvgIpc) is 3.22. The highest BCUT2D eigenvalue weighted by molar-refractivity contribution is 8.24. The van der Waals surface area contributed by atoms with Crippen LogP contribution in [-0.4, -0.2) is 26.8 Å². The molecule has 1 amide bonds. The standard InChI is InChI=1S/C24H16N2O3S2/c1-13-9-11-14(12-10-13)26-23(29)22(31-24(26)30)18-8-4-7-17(25-18)19-20(27)15-5-2-3-6-16(15)21(19)28/h2-12,19,22H,1H3. The summed E-state index contributed by atoms with van der Waals surface area (Å²) in [6, 6.07) is 19.5. The summed E-state index contributed by atoms with van der Waals surface area (Å²) in [7, 11) is 0. The van der Waals surface area contributed by atoms with Gasteiger partial charge in [0, 0.05) is 11.1 Å². The summed E-state index contributed by atoms with van der Waals surface area (Å²) in [4.78, 5) is 45.0. The average molecular weight is 445 g/mol. The molecule has 152 valence electrons. The van der Waals surface area contributed by atoms with Gasteiger partial charge in [-0.05, 0) is 31.2 Å². The van der Waals surface area contributed by atoms with Gasteiger partial charge in [0.1, 0.15) is 15.5 Å². The van der Waals surface area contributed by atoms with Crippen LogP contribution in [0.25, 0.3) is 0 Å². The maximum Gasteiger partial charge on any atom is 0.252 e. The highest BCUT2D eigenvalue weighted by atomic mass is 32.2. The number of aryl methyl sites for hydroxylation is 1. The Morgan fingerprint density at radius 2 is 1.45 bits per heavy atom. The van der Waals surface area contributed by atoms with E-state index in [-0.39, 0.29) is 17.5 Å². The molecule has 2 aliphatic rings. The van der Waals surface area contributed by atoms with E-state index in [9.17, 15) is 14.4 Å². The number of amides is 1. The molecule has 0 N–H and O–H groups in total. The fraction of sp³-hybridized carbons (Fsp3) is 0.125. The van der Waals surface area contributed by atoms with Gasteiger partial charge in [-0.3, -0.25) is 24.3 Å². The smallest absolute Gasteiger partial charge is 0.252 e. The van der Waals surface area contributed by atoms with Crippen molar-refractivity contribution in [2.75, 3.05) is 4.90 Å². The third kappa shape index (κ3) is 3.21. The third-order valence-electron chi connectivity index (χ3n) is 5.48. The van der Waals surface area contributed by atoms with Gasteiger partial charge in [-0.25, -0.2) is 0 Å². The van der Waals surface area contributed by atoms with E-state index in [2.05, 4.69) is 4.98 Å². The van der Waals surface area contributed by atoms with E-state index in [4.69, 9.17) is 12.2 Å². The number of carbonyl (C=O) groups excluding carboxylic acids is 3. The number of Topliss-reactive ketones (excluding diaryl/α,β-unsaturated/α-hetero) is 2. The zero-order valence-electron chi connectivity index (χ0n) is 16.4. The molecule has 1 aliphatic carbocycles. The van der Waals surface area contributed by atoms with Gasteiger partial charge in [0.15, 0.2) is 11.6 Å². The van der Waals surface area contributed by atoms with Crippen LogP contribution < -0.4 is 4.90 Å². The van der Waals surface area contributed by atoms with Crippen molar-refractivity contribution in [3.63, 3.8) is 0 Å². The predicted octanol–water partition coefficient (Wildman–Crippen LogP) is 4.66. The molecule has 1 aromatic heterocycles. The fourth-order valence-electron chi connectivity index (χ4n) is 3.91. The van der Waals surface area contributed by atoms with Gasteiger partial charge >= 0.3 is 0 Å². The second-order valence-electron chi connectivity index (χ2n) is 7.47. The van der Waals surface area contributed by atoms with E-state index in [0.717, 1.165) is 5.56 Å². The van der Waals surface area contributed by atoms with E-state index < -0.39 is 11.2 Å². The molecule has 1 aliphatic heterocycles. The Balaban J connectivity index is 1.47. The summed E-state index contributed by atoms with van der Waals surface area (Å²) in [5.74, 6) is -1.67. The minimum Gasteiger partial charge on any atom is -0.293 e. The number of ketones is 2. The number of fused-ring (bicyclic) bond motifs is 1. The van der Waals surface area contributed by atoms with Crippen LogP contribution in [0.15, 0.2) is 66.7 Å². The molecule has 0 radical (unpaired) electrons. The van der Waals surface area contributed by atoms with E-state index >= 15 is 0 Å². The predicted molar refractivity (Wildman–Crippen MR) is 124 cm³/mol. The van der Waals surface area contributed by atoms with Gasteiger partial charge < -0.3 is 0 Å². The topological polar surface area (TPSA) is 67.3 Å². The van der Waals surface area contributed by atoms with Gasteiger partial charge in [0.05, 0.1) is 17.1 Å². The molecule has 2 heterocycles. The van der Waals surface area contributed by atoms with Gasteiger partial charge in [-0.15, -0.1) is 0 Å². The highest BCUT2D eigenvalue weighted by Gasteiger charge is 2.42. The molecular formula is C24H16N2O3S2. The quantitative estimate of drug-likeness (QED) is 0.432. The molecule has 0 bridgehead atoms. The number of thioether (sulfide) groups is 1. The third-order valence-corrected chi connectivity index (χ3v) is 7.01. The first kappa shape index (κ1) is 19.8. The van der Waals surface area contributed by atoms with Gasteiger partial charge in [0.25, 0.3) is 5.91 Å². The Morgan fingerprint density at radius 3 is 2.10 bits per heavy atom. The number of hydrogen-bond donors (Lipinski definition) is 0. The maximum atomic E-state index is 13.2. The first-order valence-corrected chi connectivity index (χ1v) is 11.0. The number of hydrogen-bond acceptors (Lipinski definition) is 6. The molecule has 5 rings (SSSR count). The van der Waals surface area contributed by atoms with Crippen LogP contribution in [-0.2, 0) is 4.79 Å². The lowest BCUT2D eigenvalue weighted by Gasteiger charge is -2.16. The minimum atomic E-state index is -0.973. The highest BCUT2D eigenvalue weighted by Crippen LogP contribution is 2.42. The van der Waals surface area contributed by atoms with E-state index in [0.29, 0.717) is 32.5 Å². The molecule has 1 saturated heterocycles. The van der Waals surface area contributed by atoms with Crippen molar-refractivity contribution in [1.29, 1.82) is 0 Å². The number of carbonyl (C=O) groups is 3. The number of nitrogens with zero attached hydrogens (tertiary/aromatic N) is 2.